The molecular formula is C26H36N8O4. The van der Waals surface area contributed by atoms with Crippen molar-refractivity contribution >= 4 is 29.6 Å². The lowest BCUT2D eigenvalue weighted by Crippen LogP contribution is -2.40. The van der Waals surface area contributed by atoms with Gasteiger partial charge in [-0.05, 0) is 50.3 Å². The second kappa shape index (κ2) is 13.1. The van der Waals surface area contributed by atoms with Crippen LogP contribution in [0, 0.1) is 12.8 Å². The van der Waals surface area contributed by atoms with Gasteiger partial charge in [-0.15, -0.1) is 0 Å². The van der Waals surface area contributed by atoms with E-state index in [2.05, 4.69) is 31.4 Å². The summed E-state index contributed by atoms with van der Waals surface area (Å²) in [6.07, 6.45) is 13.2. The largest absolute Gasteiger partial charge is 0.480 e. The Balaban J connectivity index is 1.30. The molecule has 0 radical (unpaired) electrons. The molecule has 204 valence electrons. The minimum absolute atomic E-state index is 0.278. The zero-order valence-corrected chi connectivity index (χ0v) is 21.6. The van der Waals surface area contributed by atoms with Gasteiger partial charge in [0.25, 0.3) is 0 Å². The molecule has 38 heavy (non-hydrogen) atoms. The van der Waals surface area contributed by atoms with Crippen LogP contribution >= 0.6 is 0 Å². The number of aryl methyl sites for hydroxylation is 1. The summed E-state index contributed by atoms with van der Waals surface area (Å²) in [6.45, 7) is 3.39. The summed E-state index contributed by atoms with van der Waals surface area (Å²) in [5, 5.41) is 19.5. The summed E-state index contributed by atoms with van der Waals surface area (Å²) in [4.78, 5) is 32.2. The summed E-state index contributed by atoms with van der Waals surface area (Å²) < 4.78 is 5.01. The Morgan fingerprint density at radius 3 is 2.87 bits per heavy atom. The number of aliphatic carboxylic acids is 1. The Morgan fingerprint density at radius 2 is 2.11 bits per heavy atom. The zero-order chi connectivity index (χ0) is 26.9. The predicted octanol–water partition coefficient (Wildman–Crippen LogP) is 2.39. The van der Waals surface area contributed by atoms with Gasteiger partial charge in [-0.25, -0.2) is 20.0 Å². The normalized spacial score (nSPS) is 17.4. The number of anilines is 1. The number of hydrazine groups is 1. The number of carboxylic acids is 1. The number of unbranched alkanes of at least 4 members (excludes halogenated alkanes) is 1. The van der Waals surface area contributed by atoms with Gasteiger partial charge in [-0.3, -0.25) is 9.99 Å². The van der Waals surface area contributed by atoms with E-state index in [0.717, 1.165) is 49.3 Å². The van der Waals surface area contributed by atoms with Crippen molar-refractivity contribution in [3.05, 3.63) is 53.0 Å². The molecule has 0 bridgehead atoms. The summed E-state index contributed by atoms with van der Waals surface area (Å²) in [5.74, 6) is 0.282. The van der Waals surface area contributed by atoms with Crippen LogP contribution in [-0.4, -0.2) is 59.6 Å². The number of urea groups is 1. The van der Waals surface area contributed by atoms with Gasteiger partial charge in [0, 0.05) is 31.8 Å². The van der Waals surface area contributed by atoms with Crippen molar-refractivity contribution in [2.24, 2.45) is 16.6 Å². The molecule has 4 rings (SSSR count). The van der Waals surface area contributed by atoms with Crippen LogP contribution in [0.4, 0.5) is 10.5 Å². The molecule has 7 N–H and O–H groups in total. The number of hydrogen-bond acceptors (Lipinski definition) is 9. The van der Waals surface area contributed by atoms with Crippen LogP contribution in [0.25, 0.3) is 5.70 Å². The first-order valence-electron chi connectivity index (χ1n) is 13.0. The van der Waals surface area contributed by atoms with Gasteiger partial charge in [0.2, 0.25) is 0 Å². The minimum Gasteiger partial charge on any atom is -0.480 e. The smallest absolute Gasteiger partial charge is 0.329 e. The molecule has 3 heterocycles. The summed E-state index contributed by atoms with van der Waals surface area (Å²) >= 11 is 0. The van der Waals surface area contributed by atoms with Crippen LogP contribution in [-0.2, 0) is 9.53 Å². The molecule has 1 aliphatic carbocycles. The molecule has 12 heteroatoms. The standard InChI is InChI=1S/C26H36N8O4/c1-17-12-19(13-30-24(17)20(27)14-28-9-4-5-11-38-16-23(35)36)32-26(37)33-21-15-29-22-8-10-31-34(22)25(21)18-6-2-3-7-18/h8,12-15,18,28,31H,2-7,9-11,16,27H2,1H3,(H,35,36)(H2,32,33,37)/b20-14-. The number of allylic oxidation sites excluding steroid dienone is 2. The van der Waals surface area contributed by atoms with Gasteiger partial charge in [0.05, 0.1) is 40.9 Å². The molecule has 1 saturated carbocycles. The second-order valence-electron chi connectivity index (χ2n) is 9.47. The first-order valence-corrected chi connectivity index (χ1v) is 13.0. The van der Waals surface area contributed by atoms with Crippen molar-refractivity contribution in [3.8, 4) is 0 Å². The van der Waals surface area contributed by atoms with E-state index in [1.165, 1.54) is 12.8 Å². The highest BCUT2D eigenvalue weighted by Crippen LogP contribution is 2.37. The van der Waals surface area contributed by atoms with Gasteiger partial charge < -0.3 is 31.5 Å². The topological polar surface area (TPSA) is 166 Å². The number of nitrogens with two attached hydrogens (primary N) is 1. The lowest BCUT2D eigenvalue weighted by molar-refractivity contribution is -0.142. The van der Waals surface area contributed by atoms with Crippen molar-refractivity contribution in [1.82, 2.24) is 26.1 Å². The number of aliphatic imine (C=N–C) groups is 1. The fraction of sp³-hybridized carbons (Fsp3) is 0.462. The Kier molecular flexibility index (Phi) is 9.33. The fourth-order valence-corrected chi connectivity index (χ4v) is 4.81. The van der Waals surface area contributed by atoms with Crippen molar-refractivity contribution < 1.29 is 19.4 Å². The molecule has 1 aromatic heterocycles. The molecule has 2 amide bonds. The number of aromatic nitrogens is 1. The molecule has 2 aliphatic heterocycles. The number of nitrogens with one attached hydrogen (secondary N) is 4. The van der Waals surface area contributed by atoms with Crippen molar-refractivity contribution in [3.63, 3.8) is 0 Å². The van der Waals surface area contributed by atoms with Crippen LogP contribution in [0.5, 0.6) is 0 Å². The highest BCUT2D eigenvalue weighted by atomic mass is 16.5. The van der Waals surface area contributed by atoms with Crippen LogP contribution in [0.3, 0.4) is 0 Å². The van der Waals surface area contributed by atoms with Gasteiger partial charge in [-0.2, -0.15) is 0 Å². The second-order valence-corrected chi connectivity index (χ2v) is 9.47. The van der Waals surface area contributed by atoms with Gasteiger partial charge in [0.15, 0.2) is 0 Å². The van der Waals surface area contributed by atoms with E-state index in [9.17, 15) is 9.59 Å². The summed E-state index contributed by atoms with van der Waals surface area (Å²) in [7, 11) is 0. The van der Waals surface area contributed by atoms with Crippen molar-refractivity contribution in [2.75, 3.05) is 31.6 Å². The number of nitrogens with zero attached hydrogens (tertiary/aromatic N) is 3. The summed E-state index contributed by atoms with van der Waals surface area (Å²) in [6, 6.07) is 1.46. The maximum atomic E-state index is 12.9. The molecule has 0 unspecified atom stereocenters. The Labute approximate surface area is 222 Å². The van der Waals surface area contributed by atoms with Crippen LogP contribution < -0.4 is 27.1 Å². The average Bonchev–Trinajstić information content (AvgIpc) is 3.58. The number of rotatable bonds is 12. The van der Waals surface area contributed by atoms with Crippen molar-refractivity contribution in [2.45, 2.75) is 45.4 Å². The molecule has 12 nitrogen and oxygen atoms in total. The Morgan fingerprint density at radius 1 is 1.29 bits per heavy atom. The van der Waals surface area contributed by atoms with Crippen LogP contribution in [0.15, 0.2) is 46.7 Å². The lowest BCUT2D eigenvalue weighted by Gasteiger charge is -2.31. The number of carbonyl (C=O) groups is 2. The quantitative estimate of drug-likeness (QED) is 0.225. The molecule has 1 aromatic rings. The van der Waals surface area contributed by atoms with E-state index in [-0.39, 0.29) is 12.6 Å². The van der Waals surface area contributed by atoms with E-state index in [4.69, 9.17) is 15.6 Å². The third-order valence-electron chi connectivity index (χ3n) is 6.55. The minimum atomic E-state index is -0.969. The lowest BCUT2D eigenvalue weighted by atomic mass is 10.0. The Bertz CT molecular complexity index is 1150. The monoisotopic (exact) mass is 524 g/mol. The summed E-state index contributed by atoms with van der Waals surface area (Å²) in [5.41, 5.74) is 13.8. The highest BCUT2D eigenvalue weighted by molar-refractivity contribution is 5.96. The molecule has 0 atom stereocenters. The molecule has 0 saturated heterocycles. The zero-order valence-electron chi connectivity index (χ0n) is 21.6. The molecule has 3 aliphatic rings. The number of fused-ring (bicyclic) bond motifs is 1. The number of ether oxygens (including phenoxy) is 1. The van der Waals surface area contributed by atoms with E-state index in [1.807, 2.05) is 24.1 Å². The first-order chi connectivity index (χ1) is 18.4. The maximum Gasteiger partial charge on any atom is 0.329 e. The van der Waals surface area contributed by atoms with E-state index < -0.39 is 5.97 Å². The average molecular weight is 525 g/mol. The van der Waals surface area contributed by atoms with Crippen LogP contribution in [0.2, 0.25) is 0 Å². The molecule has 0 aromatic carbocycles. The van der Waals surface area contributed by atoms with E-state index in [0.29, 0.717) is 41.8 Å². The Hall–Kier alpha value is -3.90. The van der Waals surface area contributed by atoms with Crippen molar-refractivity contribution in [1.29, 1.82) is 0 Å². The third-order valence-corrected chi connectivity index (χ3v) is 6.55. The van der Waals surface area contributed by atoms with Crippen LogP contribution in [0.1, 0.15) is 49.8 Å². The number of carbonyl (C=O) groups excluding carboxylic acids is 1. The van der Waals surface area contributed by atoms with Gasteiger partial charge in [-0.1, -0.05) is 12.8 Å². The van der Waals surface area contributed by atoms with Gasteiger partial charge in [0.1, 0.15) is 12.4 Å². The highest BCUT2D eigenvalue weighted by Gasteiger charge is 2.32. The SMILES string of the molecule is Cc1cc(NC(=O)NC2=C(C3CCCC3)N3NCC=C3N=C2)cnc1/C(N)=C/NCCCCOCC(=O)O. The first kappa shape index (κ1) is 27.1. The number of pyridine rings is 1. The molecule has 0 spiro atoms. The maximum absolute atomic E-state index is 12.9. The van der Waals surface area contributed by atoms with Gasteiger partial charge >= 0.3 is 12.0 Å². The fourth-order valence-electron chi connectivity index (χ4n) is 4.81. The predicted molar refractivity (Wildman–Crippen MR) is 144 cm³/mol. The number of amides is 2. The third kappa shape index (κ3) is 7.11. The van der Waals surface area contributed by atoms with E-state index >= 15 is 0 Å². The molecule has 1 fully saturated rings. The molecular weight excluding hydrogens is 488 g/mol. The number of hydrogen-bond donors (Lipinski definition) is 6. The number of carboxylic acid groups (broad SMARTS) is 1. The van der Waals surface area contributed by atoms with E-state index in [1.54, 1.807) is 18.6 Å².